The molecule has 0 spiro atoms. The van der Waals surface area contributed by atoms with Crippen LogP contribution in [0.3, 0.4) is 0 Å². The molecule has 3 aromatic rings. The highest BCUT2D eigenvalue weighted by molar-refractivity contribution is 7.20. The molecule has 0 saturated heterocycles. The van der Waals surface area contributed by atoms with Crippen molar-refractivity contribution in [3.8, 4) is 0 Å². The van der Waals surface area contributed by atoms with E-state index < -0.39 is 30.4 Å². The van der Waals surface area contributed by atoms with Gasteiger partial charge >= 0.3 is 6.18 Å². The Hall–Kier alpha value is -2.94. The molecule has 9 heteroatoms. The van der Waals surface area contributed by atoms with Crippen molar-refractivity contribution in [1.29, 1.82) is 0 Å². The highest BCUT2D eigenvalue weighted by Gasteiger charge is 2.28. The summed E-state index contributed by atoms with van der Waals surface area (Å²) in [7, 11) is 0. The van der Waals surface area contributed by atoms with E-state index in [4.69, 9.17) is 0 Å². The van der Waals surface area contributed by atoms with Crippen LogP contribution in [0.15, 0.2) is 48.5 Å². The smallest absolute Gasteiger partial charge is 0.343 e. The first-order chi connectivity index (χ1) is 12.7. The summed E-state index contributed by atoms with van der Waals surface area (Å²) in [5.41, 5.74) is -0.0532. The fourth-order valence-corrected chi connectivity index (χ4v) is 3.36. The predicted octanol–water partition coefficient (Wildman–Crippen LogP) is 4.58. The van der Waals surface area contributed by atoms with E-state index in [1.165, 1.54) is 42.5 Å². The van der Waals surface area contributed by atoms with Gasteiger partial charge in [0.1, 0.15) is 12.4 Å². The van der Waals surface area contributed by atoms with E-state index in [-0.39, 0.29) is 16.1 Å². The highest BCUT2D eigenvalue weighted by atomic mass is 32.1. The van der Waals surface area contributed by atoms with Crippen LogP contribution in [0.2, 0.25) is 0 Å². The lowest BCUT2D eigenvalue weighted by molar-refractivity contribution is -0.123. The molecule has 140 valence electrons. The standard InChI is InChI=1S/C18H12F4N2O2S/c19-12-5-3-7-14-11(12)8-15(27-14)17(26)24-13-6-2-1-4-10(13)16(25)23-9-18(20,21)22/h1-8H,9H2,(H,23,25)(H,24,26). The van der Waals surface area contributed by atoms with Crippen molar-refractivity contribution in [3.05, 3.63) is 64.8 Å². The first-order valence-electron chi connectivity index (χ1n) is 7.68. The summed E-state index contributed by atoms with van der Waals surface area (Å²) >= 11 is 1.07. The van der Waals surface area contributed by atoms with Crippen molar-refractivity contribution in [2.75, 3.05) is 11.9 Å². The van der Waals surface area contributed by atoms with Crippen LogP contribution in [0.4, 0.5) is 23.2 Å². The molecule has 27 heavy (non-hydrogen) atoms. The molecule has 0 radical (unpaired) electrons. The second-order valence-electron chi connectivity index (χ2n) is 5.56. The minimum atomic E-state index is -4.55. The van der Waals surface area contributed by atoms with E-state index >= 15 is 0 Å². The molecule has 2 N–H and O–H groups in total. The zero-order valence-electron chi connectivity index (χ0n) is 13.6. The second kappa shape index (κ2) is 7.36. The molecule has 1 aromatic heterocycles. The van der Waals surface area contributed by atoms with Gasteiger partial charge < -0.3 is 10.6 Å². The van der Waals surface area contributed by atoms with Crippen molar-refractivity contribution >= 4 is 38.9 Å². The van der Waals surface area contributed by atoms with Gasteiger partial charge in [0.05, 0.1) is 16.1 Å². The summed E-state index contributed by atoms with van der Waals surface area (Å²) in [6.07, 6.45) is -4.55. The van der Waals surface area contributed by atoms with Gasteiger partial charge in [-0.2, -0.15) is 13.2 Å². The number of alkyl halides is 3. The Morgan fingerprint density at radius 1 is 1.00 bits per heavy atom. The number of rotatable bonds is 4. The maximum Gasteiger partial charge on any atom is 0.405 e. The molecule has 4 nitrogen and oxygen atoms in total. The normalized spacial score (nSPS) is 11.4. The number of amides is 2. The molecule has 2 amide bonds. The molecule has 0 unspecified atom stereocenters. The average Bonchev–Trinajstić information content (AvgIpc) is 3.05. The van der Waals surface area contributed by atoms with Crippen molar-refractivity contribution < 1.29 is 27.2 Å². The van der Waals surface area contributed by atoms with Crippen LogP contribution in [-0.4, -0.2) is 24.5 Å². The van der Waals surface area contributed by atoms with E-state index in [9.17, 15) is 27.2 Å². The molecule has 0 aliphatic carbocycles. The molecule has 0 bridgehead atoms. The SMILES string of the molecule is O=C(Nc1ccccc1C(=O)NCC(F)(F)F)c1cc2c(F)cccc2s1. The summed E-state index contributed by atoms with van der Waals surface area (Å²) in [6.45, 7) is -1.48. The number of para-hydroxylation sites is 1. The van der Waals surface area contributed by atoms with Gasteiger partial charge in [-0.25, -0.2) is 4.39 Å². The van der Waals surface area contributed by atoms with Crippen LogP contribution in [-0.2, 0) is 0 Å². The monoisotopic (exact) mass is 396 g/mol. The van der Waals surface area contributed by atoms with E-state index in [1.807, 2.05) is 0 Å². The van der Waals surface area contributed by atoms with Gasteiger partial charge in [0.2, 0.25) is 0 Å². The number of hydrogen-bond acceptors (Lipinski definition) is 3. The molecule has 0 aliphatic heterocycles. The molecular formula is C18H12F4N2O2S. The maximum absolute atomic E-state index is 13.8. The van der Waals surface area contributed by atoms with Crippen LogP contribution in [0.25, 0.3) is 10.1 Å². The molecule has 2 aromatic carbocycles. The molecule has 1 heterocycles. The van der Waals surface area contributed by atoms with Gasteiger partial charge in [0, 0.05) is 10.1 Å². The largest absolute Gasteiger partial charge is 0.405 e. The van der Waals surface area contributed by atoms with Crippen LogP contribution in [0, 0.1) is 5.82 Å². The highest BCUT2D eigenvalue weighted by Crippen LogP contribution is 2.28. The summed E-state index contributed by atoms with van der Waals surface area (Å²) in [4.78, 5) is 24.7. The lowest BCUT2D eigenvalue weighted by Gasteiger charge is -2.12. The van der Waals surface area contributed by atoms with Gasteiger partial charge in [-0.05, 0) is 30.3 Å². The molecule has 0 aliphatic rings. The van der Waals surface area contributed by atoms with E-state index in [0.717, 1.165) is 11.3 Å². The minimum absolute atomic E-state index is 0.0557. The van der Waals surface area contributed by atoms with Crippen LogP contribution < -0.4 is 10.6 Å². The molecule has 0 saturated carbocycles. The predicted molar refractivity (Wildman–Crippen MR) is 94.6 cm³/mol. The lowest BCUT2D eigenvalue weighted by atomic mass is 10.1. The number of thiophene rings is 1. The van der Waals surface area contributed by atoms with E-state index in [0.29, 0.717) is 10.1 Å². The third-order valence-corrected chi connectivity index (χ3v) is 4.70. The Morgan fingerprint density at radius 2 is 1.74 bits per heavy atom. The van der Waals surface area contributed by atoms with Crippen molar-refractivity contribution in [1.82, 2.24) is 5.32 Å². The van der Waals surface area contributed by atoms with E-state index in [2.05, 4.69) is 5.32 Å². The topological polar surface area (TPSA) is 58.2 Å². The number of halogens is 4. The number of benzene rings is 2. The van der Waals surface area contributed by atoms with Crippen LogP contribution >= 0.6 is 11.3 Å². The van der Waals surface area contributed by atoms with Crippen molar-refractivity contribution in [3.63, 3.8) is 0 Å². The second-order valence-corrected chi connectivity index (χ2v) is 6.64. The Balaban J connectivity index is 1.81. The molecular weight excluding hydrogens is 384 g/mol. The number of carbonyl (C=O) groups is 2. The van der Waals surface area contributed by atoms with Crippen LogP contribution in [0.1, 0.15) is 20.0 Å². The molecule has 3 rings (SSSR count). The lowest BCUT2D eigenvalue weighted by Crippen LogP contribution is -2.34. The Morgan fingerprint density at radius 3 is 2.44 bits per heavy atom. The Labute approximate surface area is 154 Å². The Kier molecular flexibility index (Phi) is 5.13. The minimum Gasteiger partial charge on any atom is -0.343 e. The third-order valence-electron chi connectivity index (χ3n) is 3.60. The molecule has 0 fully saturated rings. The number of anilines is 1. The zero-order valence-corrected chi connectivity index (χ0v) is 14.4. The van der Waals surface area contributed by atoms with Gasteiger partial charge in [0.15, 0.2) is 0 Å². The average molecular weight is 396 g/mol. The zero-order chi connectivity index (χ0) is 19.6. The molecule has 0 atom stereocenters. The first-order valence-corrected chi connectivity index (χ1v) is 8.49. The number of carbonyl (C=O) groups excluding carboxylic acids is 2. The maximum atomic E-state index is 13.8. The number of hydrogen-bond donors (Lipinski definition) is 2. The van der Waals surface area contributed by atoms with Crippen LogP contribution in [0.5, 0.6) is 0 Å². The van der Waals surface area contributed by atoms with E-state index in [1.54, 1.807) is 11.4 Å². The summed E-state index contributed by atoms with van der Waals surface area (Å²) in [6, 6.07) is 11.5. The number of fused-ring (bicyclic) bond motifs is 1. The summed E-state index contributed by atoms with van der Waals surface area (Å²) < 4.78 is 51.2. The summed E-state index contributed by atoms with van der Waals surface area (Å²) in [5, 5.41) is 4.55. The number of nitrogens with one attached hydrogen (secondary N) is 2. The fourth-order valence-electron chi connectivity index (χ4n) is 2.39. The fraction of sp³-hybridized carbons (Fsp3) is 0.111. The van der Waals surface area contributed by atoms with Gasteiger partial charge in [-0.3, -0.25) is 9.59 Å². The first kappa shape index (κ1) is 18.8. The van der Waals surface area contributed by atoms with Crippen molar-refractivity contribution in [2.45, 2.75) is 6.18 Å². The quantitative estimate of drug-likeness (QED) is 0.634. The third kappa shape index (κ3) is 4.43. The van der Waals surface area contributed by atoms with Crippen molar-refractivity contribution in [2.24, 2.45) is 0 Å². The Bertz CT molecular complexity index is 1010. The van der Waals surface area contributed by atoms with Gasteiger partial charge in [-0.15, -0.1) is 11.3 Å². The van der Waals surface area contributed by atoms with Gasteiger partial charge in [-0.1, -0.05) is 18.2 Å². The summed E-state index contributed by atoms with van der Waals surface area (Å²) in [5.74, 6) is -2.02. The van der Waals surface area contributed by atoms with Gasteiger partial charge in [0.25, 0.3) is 11.8 Å².